The SMILES string of the molecule is CCC1CC1n1c(N)nc2cc(Cl)ccc21. The van der Waals surface area contributed by atoms with Gasteiger partial charge in [-0.3, -0.25) is 0 Å². The Morgan fingerprint density at radius 3 is 3.06 bits per heavy atom. The van der Waals surface area contributed by atoms with Crippen molar-refractivity contribution in [1.29, 1.82) is 0 Å². The highest BCUT2D eigenvalue weighted by Gasteiger charge is 2.38. The van der Waals surface area contributed by atoms with E-state index in [9.17, 15) is 0 Å². The maximum absolute atomic E-state index is 5.97. The van der Waals surface area contributed by atoms with Gasteiger partial charge in [-0.2, -0.15) is 0 Å². The van der Waals surface area contributed by atoms with Gasteiger partial charge in [0.1, 0.15) is 0 Å². The first-order valence-corrected chi connectivity index (χ1v) is 6.01. The van der Waals surface area contributed by atoms with Crippen molar-refractivity contribution < 1.29 is 0 Å². The summed E-state index contributed by atoms with van der Waals surface area (Å²) in [6, 6.07) is 6.31. The molecule has 2 atom stereocenters. The number of nitrogen functional groups attached to an aromatic ring is 1. The Bertz CT molecular complexity index is 546. The van der Waals surface area contributed by atoms with Crippen LogP contribution in [0.15, 0.2) is 18.2 Å². The van der Waals surface area contributed by atoms with Gasteiger partial charge in [0.15, 0.2) is 0 Å². The van der Waals surface area contributed by atoms with Gasteiger partial charge in [-0.1, -0.05) is 24.9 Å². The maximum atomic E-state index is 5.97. The molecule has 2 N–H and O–H groups in total. The third-order valence-electron chi connectivity index (χ3n) is 3.42. The smallest absolute Gasteiger partial charge is 0.201 e. The summed E-state index contributed by atoms with van der Waals surface area (Å²) < 4.78 is 2.15. The molecule has 16 heavy (non-hydrogen) atoms. The minimum Gasteiger partial charge on any atom is -0.369 e. The first-order valence-electron chi connectivity index (χ1n) is 5.63. The molecule has 1 heterocycles. The molecule has 3 nitrogen and oxygen atoms in total. The number of nitrogens with zero attached hydrogens (tertiary/aromatic N) is 2. The summed E-state index contributed by atoms with van der Waals surface area (Å²) in [5.41, 5.74) is 7.97. The van der Waals surface area contributed by atoms with E-state index in [1.54, 1.807) is 0 Å². The molecule has 0 saturated heterocycles. The van der Waals surface area contributed by atoms with Crippen molar-refractivity contribution in [3.05, 3.63) is 23.2 Å². The normalized spacial score (nSPS) is 23.9. The number of halogens is 1. The molecular formula is C12H14ClN3. The zero-order valence-electron chi connectivity index (χ0n) is 9.15. The van der Waals surface area contributed by atoms with Crippen molar-refractivity contribution in [2.24, 2.45) is 5.92 Å². The topological polar surface area (TPSA) is 43.8 Å². The van der Waals surface area contributed by atoms with E-state index in [1.165, 1.54) is 12.8 Å². The predicted octanol–water partition coefficient (Wildman–Crippen LogP) is 3.24. The van der Waals surface area contributed by atoms with Crippen LogP contribution in [0.2, 0.25) is 5.02 Å². The van der Waals surface area contributed by atoms with Crippen LogP contribution in [0.5, 0.6) is 0 Å². The summed E-state index contributed by atoms with van der Waals surface area (Å²) in [4.78, 5) is 4.36. The van der Waals surface area contributed by atoms with E-state index in [1.807, 2.05) is 18.2 Å². The summed E-state index contributed by atoms with van der Waals surface area (Å²) in [5.74, 6) is 1.37. The second-order valence-electron chi connectivity index (χ2n) is 4.44. The van der Waals surface area contributed by atoms with Crippen LogP contribution in [0.3, 0.4) is 0 Å². The lowest BCUT2D eigenvalue weighted by molar-refractivity contribution is 0.661. The lowest BCUT2D eigenvalue weighted by atomic mass is 10.3. The Morgan fingerprint density at radius 2 is 2.38 bits per heavy atom. The van der Waals surface area contributed by atoms with E-state index >= 15 is 0 Å². The zero-order chi connectivity index (χ0) is 11.3. The number of hydrogen-bond acceptors (Lipinski definition) is 2. The molecule has 0 radical (unpaired) electrons. The highest BCUT2D eigenvalue weighted by molar-refractivity contribution is 6.31. The standard InChI is InChI=1S/C12H14ClN3/c1-2-7-5-11(7)16-10-4-3-8(13)6-9(10)15-12(16)14/h3-4,6-7,11H,2,5H2,1H3,(H2,14,15). The first-order chi connectivity index (χ1) is 7.70. The molecule has 0 spiro atoms. The van der Waals surface area contributed by atoms with Crippen LogP contribution in [-0.4, -0.2) is 9.55 Å². The number of aromatic nitrogens is 2. The Kier molecular flexibility index (Phi) is 2.11. The predicted molar refractivity (Wildman–Crippen MR) is 66.6 cm³/mol. The molecule has 0 bridgehead atoms. The molecule has 1 fully saturated rings. The molecule has 0 amide bonds. The molecule has 1 aliphatic carbocycles. The summed E-state index contributed by atoms with van der Waals surface area (Å²) in [6.45, 7) is 2.22. The van der Waals surface area contributed by atoms with Gasteiger partial charge >= 0.3 is 0 Å². The Hall–Kier alpha value is -1.22. The molecule has 1 aromatic heterocycles. The zero-order valence-corrected chi connectivity index (χ0v) is 9.91. The largest absolute Gasteiger partial charge is 0.369 e. The maximum Gasteiger partial charge on any atom is 0.201 e. The average Bonchev–Trinajstić information content (AvgIpc) is 2.94. The van der Waals surface area contributed by atoms with Crippen LogP contribution >= 0.6 is 11.6 Å². The number of rotatable bonds is 2. The van der Waals surface area contributed by atoms with Gasteiger partial charge in [-0.25, -0.2) is 4.98 Å². The molecule has 2 aromatic rings. The Morgan fingerprint density at radius 1 is 1.56 bits per heavy atom. The van der Waals surface area contributed by atoms with Gasteiger partial charge in [-0.15, -0.1) is 0 Å². The van der Waals surface area contributed by atoms with Crippen LogP contribution in [-0.2, 0) is 0 Å². The van der Waals surface area contributed by atoms with Crippen LogP contribution in [0.1, 0.15) is 25.8 Å². The monoisotopic (exact) mass is 235 g/mol. The summed E-state index contributed by atoms with van der Waals surface area (Å²) in [5, 5.41) is 0.708. The van der Waals surface area contributed by atoms with E-state index in [0.717, 1.165) is 17.0 Å². The molecule has 4 heteroatoms. The second-order valence-corrected chi connectivity index (χ2v) is 4.88. The molecule has 1 aliphatic rings. The quantitative estimate of drug-likeness (QED) is 0.869. The van der Waals surface area contributed by atoms with Gasteiger partial charge in [0, 0.05) is 11.1 Å². The number of benzene rings is 1. The fraction of sp³-hybridized carbons (Fsp3) is 0.417. The number of nitrogens with two attached hydrogens (primary N) is 1. The molecule has 84 valence electrons. The van der Waals surface area contributed by atoms with Crippen molar-refractivity contribution >= 4 is 28.6 Å². The third-order valence-corrected chi connectivity index (χ3v) is 3.66. The highest BCUT2D eigenvalue weighted by atomic mass is 35.5. The van der Waals surface area contributed by atoms with Crippen LogP contribution in [0.4, 0.5) is 5.95 Å². The van der Waals surface area contributed by atoms with Crippen molar-refractivity contribution in [2.45, 2.75) is 25.8 Å². The number of anilines is 1. The minimum absolute atomic E-state index is 0.538. The highest BCUT2D eigenvalue weighted by Crippen LogP contribution is 2.48. The van der Waals surface area contributed by atoms with E-state index in [-0.39, 0.29) is 0 Å². The van der Waals surface area contributed by atoms with Crippen molar-refractivity contribution in [3.8, 4) is 0 Å². The van der Waals surface area contributed by atoms with E-state index in [0.29, 0.717) is 17.0 Å². The van der Waals surface area contributed by atoms with Gasteiger partial charge < -0.3 is 10.3 Å². The Balaban J connectivity index is 2.13. The van der Waals surface area contributed by atoms with E-state index in [2.05, 4.69) is 16.5 Å². The van der Waals surface area contributed by atoms with Crippen molar-refractivity contribution in [3.63, 3.8) is 0 Å². The molecular weight excluding hydrogens is 222 g/mol. The molecule has 2 unspecified atom stereocenters. The van der Waals surface area contributed by atoms with Crippen LogP contribution in [0.25, 0.3) is 11.0 Å². The van der Waals surface area contributed by atoms with Crippen LogP contribution in [0, 0.1) is 5.92 Å². The van der Waals surface area contributed by atoms with Gasteiger partial charge in [0.25, 0.3) is 0 Å². The molecule has 0 aliphatic heterocycles. The summed E-state index contributed by atoms with van der Waals surface area (Å²) in [7, 11) is 0. The number of imidazole rings is 1. The molecule has 3 rings (SSSR count). The Labute approximate surface area is 99.2 Å². The van der Waals surface area contributed by atoms with Crippen molar-refractivity contribution in [1.82, 2.24) is 9.55 Å². The third kappa shape index (κ3) is 1.39. The van der Waals surface area contributed by atoms with Crippen molar-refractivity contribution in [2.75, 3.05) is 5.73 Å². The second kappa shape index (κ2) is 3.39. The minimum atomic E-state index is 0.538. The molecule has 1 saturated carbocycles. The number of hydrogen-bond donors (Lipinski definition) is 1. The number of fused-ring (bicyclic) bond motifs is 1. The fourth-order valence-corrected chi connectivity index (χ4v) is 2.59. The van der Waals surface area contributed by atoms with Crippen LogP contribution < -0.4 is 5.73 Å². The average molecular weight is 236 g/mol. The van der Waals surface area contributed by atoms with Gasteiger partial charge in [0.2, 0.25) is 5.95 Å². The van der Waals surface area contributed by atoms with E-state index in [4.69, 9.17) is 17.3 Å². The van der Waals surface area contributed by atoms with Gasteiger partial charge in [0.05, 0.1) is 11.0 Å². The van der Waals surface area contributed by atoms with Gasteiger partial charge in [-0.05, 0) is 30.5 Å². The fourth-order valence-electron chi connectivity index (χ4n) is 2.43. The lowest BCUT2D eigenvalue weighted by Gasteiger charge is -2.04. The first kappa shape index (κ1) is 9.97. The lowest BCUT2D eigenvalue weighted by Crippen LogP contribution is -2.02. The molecule has 1 aromatic carbocycles. The summed E-state index contributed by atoms with van der Waals surface area (Å²) >= 11 is 5.94. The van der Waals surface area contributed by atoms with E-state index < -0.39 is 0 Å². The summed E-state index contributed by atoms with van der Waals surface area (Å²) in [6.07, 6.45) is 2.42.